The molecule has 0 atom stereocenters. The highest BCUT2D eigenvalue weighted by Gasteiger charge is 2.25. The molecule has 1 heterocycles. The van der Waals surface area contributed by atoms with Gasteiger partial charge in [0.25, 0.3) is 0 Å². The Kier molecular flexibility index (Phi) is 8.30. The van der Waals surface area contributed by atoms with E-state index in [1.807, 2.05) is 48.2 Å². The van der Waals surface area contributed by atoms with Crippen LogP contribution in [0.25, 0.3) is 0 Å². The van der Waals surface area contributed by atoms with Gasteiger partial charge in [0.2, 0.25) is 5.75 Å². The molecule has 1 aliphatic heterocycles. The Bertz CT molecular complexity index is 871. The molecule has 32 heavy (non-hydrogen) atoms. The van der Waals surface area contributed by atoms with Gasteiger partial charge in [-0.05, 0) is 36.8 Å². The van der Waals surface area contributed by atoms with Crippen LogP contribution in [0.4, 0.5) is 4.79 Å². The molecule has 1 N–H and O–H groups in total. The van der Waals surface area contributed by atoms with Crippen molar-refractivity contribution in [2.75, 3.05) is 41.0 Å². The van der Waals surface area contributed by atoms with Crippen LogP contribution in [-0.4, -0.2) is 58.1 Å². The molecule has 0 radical (unpaired) electrons. The second-order valence-corrected chi connectivity index (χ2v) is 7.38. The maximum absolute atomic E-state index is 12.7. The van der Waals surface area contributed by atoms with E-state index in [2.05, 4.69) is 5.32 Å². The second kappa shape index (κ2) is 11.4. The van der Waals surface area contributed by atoms with Crippen molar-refractivity contribution in [2.45, 2.75) is 32.4 Å². The van der Waals surface area contributed by atoms with Gasteiger partial charge in [0.05, 0.1) is 27.9 Å². The number of piperidine rings is 1. The Morgan fingerprint density at radius 2 is 1.59 bits per heavy atom. The summed E-state index contributed by atoms with van der Waals surface area (Å²) in [7, 11) is 4.70. The molecular weight excluding hydrogens is 412 g/mol. The Morgan fingerprint density at radius 3 is 2.16 bits per heavy atom. The van der Waals surface area contributed by atoms with Gasteiger partial charge in [0.1, 0.15) is 6.10 Å². The number of hydrogen-bond acceptors (Lipinski definition) is 6. The Balaban J connectivity index is 1.52. The van der Waals surface area contributed by atoms with Gasteiger partial charge in [0, 0.05) is 32.5 Å². The number of para-hydroxylation sites is 2. The van der Waals surface area contributed by atoms with E-state index >= 15 is 0 Å². The van der Waals surface area contributed by atoms with Crippen LogP contribution in [0.15, 0.2) is 36.4 Å². The van der Waals surface area contributed by atoms with E-state index in [0.717, 1.165) is 29.9 Å². The number of ether oxygens (including phenoxy) is 5. The predicted molar refractivity (Wildman–Crippen MR) is 121 cm³/mol. The van der Waals surface area contributed by atoms with Gasteiger partial charge >= 0.3 is 6.03 Å². The Labute approximate surface area is 189 Å². The van der Waals surface area contributed by atoms with Crippen molar-refractivity contribution >= 4 is 6.03 Å². The number of methoxy groups -OCH3 is 3. The highest BCUT2D eigenvalue weighted by molar-refractivity contribution is 5.74. The number of rotatable bonds is 9. The lowest BCUT2D eigenvalue weighted by Crippen LogP contribution is -2.46. The molecule has 1 saturated heterocycles. The van der Waals surface area contributed by atoms with Crippen molar-refractivity contribution < 1.29 is 28.5 Å². The van der Waals surface area contributed by atoms with Gasteiger partial charge in [0.15, 0.2) is 23.0 Å². The standard InChI is InChI=1S/C24H32N2O6/c1-5-31-19-8-6-7-9-20(19)32-18-10-12-26(13-11-18)24(27)25-16-17-14-21(28-2)23(30-4)22(15-17)29-3/h6-9,14-15,18H,5,10-13,16H2,1-4H3,(H,25,27). The molecule has 0 aliphatic carbocycles. The Morgan fingerprint density at radius 1 is 0.969 bits per heavy atom. The number of nitrogens with zero attached hydrogens (tertiary/aromatic N) is 1. The molecule has 2 amide bonds. The number of carbonyl (C=O) groups is 1. The average molecular weight is 445 g/mol. The number of carbonyl (C=O) groups excluding carboxylic acids is 1. The smallest absolute Gasteiger partial charge is 0.317 e. The number of likely N-dealkylation sites (tertiary alicyclic amines) is 1. The van der Waals surface area contributed by atoms with Crippen LogP contribution in [0.2, 0.25) is 0 Å². The third-order valence-electron chi connectivity index (χ3n) is 5.34. The summed E-state index contributed by atoms with van der Waals surface area (Å²) < 4.78 is 27.9. The molecule has 0 spiro atoms. The summed E-state index contributed by atoms with van der Waals surface area (Å²) in [5, 5.41) is 2.97. The lowest BCUT2D eigenvalue weighted by molar-refractivity contribution is 0.107. The predicted octanol–water partition coefficient (Wildman–Crippen LogP) is 3.86. The zero-order valence-electron chi connectivity index (χ0n) is 19.2. The first kappa shape index (κ1) is 23.4. The highest BCUT2D eigenvalue weighted by Crippen LogP contribution is 2.38. The van der Waals surface area contributed by atoms with Crippen LogP contribution in [0.1, 0.15) is 25.3 Å². The lowest BCUT2D eigenvalue weighted by atomic mass is 10.1. The van der Waals surface area contributed by atoms with E-state index in [1.165, 1.54) is 0 Å². The minimum Gasteiger partial charge on any atom is -0.493 e. The summed E-state index contributed by atoms with van der Waals surface area (Å²) in [6, 6.07) is 11.2. The molecule has 0 aromatic heterocycles. The molecule has 0 bridgehead atoms. The summed E-state index contributed by atoms with van der Waals surface area (Å²) >= 11 is 0. The highest BCUT2D eigenvalue weighted by atomic mass is 16.5. The zero-order valence-corrected chi connectivity index (χ0v) is 19.2. The van der Waals surface area contributed by atoms with E-state index in [1.54, 1.807) is 21.3 Å². The molecule has 174 valence electrons. The molecule has 3 rings (SSSR count). The first-order chi connectivity index (χ1) is 15.6. The van der Waals surface area contributed by atoms with Crippen LogP contribution in [0, 0.1) is 0 Å². The molecular formula is C24H32N2O6. The monoisotopic (exact) mass is 444 g/mol. The van der Waals surface area contributed by atoms with E-state index in [9.17, 15) is 4.79 Å². The van der Waals surface area contributed by atoms with Crippen molar-refractivity contribution in [1.82, 2.24) is 10.2 Å². The number of hydrogen-bond donors (Lipinski definition) is 1. The van der Waals surface area contributed by atoms with Crippen molar-refractivity contribution in [3.63, 3.8) is 0 Å². The van der Waals surface area contributed by atoms with Gasteiger partial charge < -0.3 is 33.9 Å². The van der Waals surface area contributed by atoms with Crippen LogP contribution in [-0.2, 0) is 6.54 Å². The normalized spacial score (nSPS) is 13.9. The number of amides is 2. The summed E-state index contributed by atoms with van der Waals surface area (Å²) in [5.74, 6) is 3.14. The fourth-order valence-corrected chi connectivity index (χ4v) is 3.71. The van der Waals surface area contributed by atoms with Crippen LogP contribution in [0.3, 0.4) is 0 Å². The van der Waals surface area contributed by atoms with Crippen LogP contribution < -0.4 is 29.0 Å². The van der Waals surface area contributed by atoms with Crippen molar-refractivity contribution in [1.29, 1.82) is 0 Å². The van der Waals surface area contributed by atoms with Gasteiger partial charge in [-0.15, -0.1) is 0 Å². The SMILES string of the molecule is CCOc1ccccc1OC1CCN(C(=O)NCc2cc(OC)c(OC)c(OC)c2)CC1. The van der Waals surface area contributed by atoms with Gasteiger partial charge in [-0.25, -0.2) is 4.79 Å². The Hall–Kier alpha value is -3.29. The molecule has 0 saturated carbocycles. The molecule has 2 aromatic rings. The lowest BCUT2D eigenvalue weighted by Gasteiger charge is -2.32. The number of benzene rings is 2. The maximum Gasteiger partial charge on any atom is 0.317 e. The van der Waals surface area contributed by atoms with E-state index in [0.29, 0.717) is 43.5 Å². The van der Waals surface area contributed by atoms with Crippen molar-refractivity contribution in [2.24, 2.45) is 0 Å². The van der Waals surface area contributed by atoms with Crippen molar-refractivity contribution in [3.8, 4) is 28.7 Å². The fraction of sp³-hybridized carbons (Fsp3) is 0.458. The van der Waals surface area contributed by atoms with Crippen molar-refractivity contribution in [3.05, 3.63) is 42.0 Å². The second-order valence-electron chi connectivity index (χ2n) is 7.38. The van der Waals surface area contributed by atoms with Gasteiger partial charge in [-0.1, -0.05) is 12.1 Å². The third kappa shape index (κ3) is 5.69. The van der Waals surface area contributed by atoms with E-state index in [4.69, 9.17) is 23.7 Å². The minimum absolute atomic E-state index is 0.0516. The summed E-state index contributed by atoms with van der Waals surface area (Å²) in [4.78, 5) is 14.5. The van der Waals surface area contributed by atoms with Crippen LogP contribution in [0.5, 0.6) is 28.7 Å². The third-order valence-corrected chi connectivity index (χ3v) is 5.34. The summed E-state index contributed by atoms with van der Waals surface area (Å²) in [6.45, 7) is 4.15. The molecule has 2 aromatic carbocycles. The average Bonchev–Trinajstić information content (AvgIpc) is 2.83. The van der Waals surface area contributed by atoms with Crippen LogP contribution >= 0.6 is 0 Å². The fourth-order valence-electron chi connectivity index (χ4n) is 3.71. The van der Waals surface area contributed by atoms with E-state index < -0.39 is 0 Å². The topological polar surface area (TPSA) is 78.5 Å². The summed E-state index contributed by atoms with van der Waals surface area (Å²) in [6.07, 6.45) is 1.58. The first-order valence-corrected chi connectivity index (χ1v) is 10.8. The summed E-state index contributed by atoms with van der Waals surface area (Å²) in [5.41, 5.74) is 0.860. The minimum atomic E-state index is -0.105. The van der Waals surface area contributed by atoms with Gasteiger partial charge in [-0.2, -0.15) is 0 Å². The molecule has 8 nitrogen and oxygen atoms in total. The zero-order chi connectivity index (χ0) is 22.9. The quantitative estimate of drug-likeness (QED) is 0.633. The molecule has 0 unspecified atom stereocenters. The largest absolute Gasteiger partial charge is 0.493 e. The van der Waals surface area contributed by atoms with Gasteiger partial charge in [-0.3, -0.25) is 0 Å². The maximum atomic E-state index is 12.7. The molecule has 8 heteroatoms. The molecule has 1 fully saturated rings. The number of nitrogens with one attached hydrogen (secondary N) is 1. The first-order valence-electron chi connectivity index (χ1n) is 10.8. The molecule has 1 aliphatic rings. The number of urea groups is 1. The van der Waals surface area contributed by atoms with E-state index in [-0.39, 0.29) is 12.1 Å².